The molecule has 30 heavy (non-hydrogen) atoms. The number of halogens is 2. The lowest BCUT2D eigenvalue weighted by Crippen LogP contribution is -2.36. The van der Waals surface area contributed by atoms with Gasteiger partial charge < -0.3 is 20.0 Å². The summed E-state index contributed by atoms with van der Waals surface area (Å²) in [7, 11) is 5.54. The van der Waals surface area contributed by atoms with E-state index in [1.807, 2.05) is 55.4 Å². The molecule has 0 saturated heterocycles. The summed E-state index contributed by atoms with van der Waals surface area (Å²) in [6.07, 6.45) is 1.64. The van der Waals surface area contributed by atoms with Crippen LogP contribution in [0, 0.1) is 5.82 Å². The maximum atomic E-state index is 13.9. The second-order valence-corrected chi connectivity index (χ2v) is 6.95. The van der Waals surface area contributed by atoms with Crippen molar-refractivity contribution in [2.45, 2.75) is 19.6 Å². The Morgan fingerprint density at radius 3 is 2.53 bits per heavy atom. The zero-order valence-electron chi connectivity index (χ0n) is 17.4. The fraction of sp³-hybridized carbons (Fsp3) is 0.273. The van der Waals surface area contributed by atoms with Crippen molar-refractivity contribution in [3.63, 3.8) is 0 Å². The third-order valence-electron chi connectivity index (χ3n) is 4.29. The van der Waals surface area contributed by atoms with Crippen molar-refractivity contribution >= 4 is 29.9 Å². The van der Waals surface area contributed by atoms with Gasteiger partial charge in [-0.2, -0.15) is 0 Å². The highest BCUT2D eigenvalue weighted by Crippen LogP contribution is 2.17. The minimum absolute atomic E-state index is 0. The largest absolute Gasteiger partial charge is 0.444 e. The molecule has 0 aliphatic carbocycles. The topological polar surface area (TPSA) is 65.7 Å². The van der Waals surface area contributed by atoms with Gasteiger partial charge in [-0.1, -0.05) is 24.3 Å². The van der Waals surface area contributed by atoms with Crippen LogP contribution in [0.2, 0.25) is 0 Å². The van der Waals surface area contributed by atoms with E-state index in [4.69, 9.17) is 4.42 Å². The van der Waals surface area contributed by atoms with Gasteiger partial charge in [0.2, 0.25) is 5.89 Å². The van der Waals surface area contributed by atoms with E-state index >= 15 is 0 Å². The third-order valence-corrected chi connectivity index (χ3v) is 4.29. The normalized spacial score (nSPS) is 11.3. The number of nitrogens with one attached hydrogen (secondary N) is 2. The van der Waals surface area contributed by atoms with Gasteiger partial charge in [0.1, 0.15) is 12.1 Å². The fourth-order valence-corrected chi connectivity index (χ4v) is 2.88. The Bertz CT molecular complexity index is 959. The van der Waals surface area contributed by atoms with Gasteiger partial charge in [-0.3, -0.25) is 4.99 Å². The number of benzene rings is 2. The van der Waals surface area contributed by atoms with Crippen LogP contribution in [0.5, 0.6) is 0 Å². The van der Waals surface area contributed by atoms with Crippen LogP contribution in [-0.2, 0) is 19.6 Å². The van der Waals surface area contributed by atoms with Crippen LogP contribution < -0.4 is 10.6 Å². The van der Waals surface area contributed by atoms with Crippen molar-refractivity contribution in [1.82, 2.24) is 20.5 Å². The molecule has 3 rings (SSSR count). The van der Waals surface area contributed by atoms with Gasteiger partial charge in [0.15, 0.2) is 5.96 Å². The number of oxazole rings is 1. The van der Waals surface area contributed by atoms with Gasteiger partial charge in [-0.15, -0.1) is 24.0 Å². The zero-order chi connectivity index (χ0) is 20.6. The summed E-state index contributed by atoms with van der Waals surface area (Å²) < 4.78 is 19.5. The minimum Gasteiger partial charge on any atom is -0.444 e. The molecular formula is C22H27FIN5O. The first-order valence-corrected chi connectivity index (χ1v) is 9.41. The molecule has 8 heteroatoms. The summed E-state index contributed by atoms with van der Waals surface area (Å²) in [6, 6.07) is 14.9. The Hall–Kier alpha value is -2.46. The number of hydrogen-bond acceptors (Lipinski definition) is 4. The average Bonchev–Trinajstić information content (AvgIpc) is 3.20. The molecule has 0 radical (unpaired) electrons. The molecule has 0 atom stereocenters. The minimum atomic E-state index is -0.190. The lowest BCUT2D eigenvalue weighted by Gasteiger charge is -2.14. The summed E-state index contributed by atoms with van der Waals surface area (Å²) in [4.78, 5) is 10.7. The number of aliphatic imine (C=N–C) groups is 1. The molecule has 3 aromatic rings. The van der Waals surface area contributed by atoms with Crippen LogP contribution in [0.25, 0.3) is 11.5 Å². The van der Waals surface area contributed by atoms with Crippen LogP contribution in [0.3, 0.4) is 0 Å². The maximum Gasteiger partial charge on any atom is 0.226 e. The average molecular weight is 523 g/mol. The standard InChI is InChI=1S/C22H26FN5O.HI/c1-24-22(25-12-16-9-10-20(23)18(11-16)14-28(2)3)26-13-19-15-29-21(27-19)17-7-5-4-6-8-17;/h4-11,15H,12-14H2,1-3H3,(H2,24,25,26);1H. The fourth-order valence-electron chi connectivity index (χ4n) is 2.88. The molecule has 2 N–H and O–H groups in total. The Morgan fingerprint density at radius 2 is 1.83 bits per heavy atom. The molecule has 0 aliphatic rings. The first-order valence-electron chi connectivity index (χ1n) is 9.41. The Balaban J connectivity index is 0.00000320. The highest BCUT2D eigenvalue weighted by molar-refractivity contribution is 14.0. The van der Waals surface area contributed by atoms with Crippen molar-refractivity contribution in [1.29, 1.82) is 0 Å². The summed E-state index contributed by atoms with van der Waals surface area (Å²) in [6.45, 7) is 1.57. The predicted molar refractivity (Wildman–Crippen MR) is 128 cm³/mol. The maximum absolute atomic E-state index is 13.9. The van der Waals surface area contributed by atoms with E-state index in [-0.39, 0.29) is 29.8 Å². The molecule has 0 fully saturated rings. The van der Waals surface area contributed by atoms with Gasteiger partial charge >= 0.3 is 0 Å². The van der Waals surface area contributed by atoms with Crippen molar-refractivity contribution in [3.05, 3.63) is 77.4 Å². The summed E-state index contributed by atoms with van der Waals surface area (Å²) >= 11 is 0. The number of rotatable bonds is 7. The summed E-state index contributed by atoms with van der Waals surface area (Å²) in [5.41, 5.74) is 3.38. The molecular weight excluding hydrogens is 496 g/mol. The van der Waals surface area contributed by atoms with E-state index in [2.05, 4.69) is 20.6 Å². The van der Waals surface area contributed by atoms with Crippen LogP contribution in [0.1, 0.15) is 16.8 Å². The highest BCUT2D eigenvalue weighted by atomic mass is 127. The molecule has 6 nitrogen and oxygen atoms in total. The number of aromatic nitrogens is 1. The highest BCUT2D eigenvalue weighted by Gasteiger charge is 2.08. The third kappa shape index (κ3) is 6.81. The first kappa shape index (κ1) is 23.8. The van der Waals surface area contributed by atoms with Gasteiger partial charge in [0.05, 0.1) is 12.2 Å². The molecule has 0 unspecified atom stereocenters. The first-order chi connectivity index (χ1) is 14.0. The Kier molecular flexibility index (Phi) is 9.25. The zero-order valence-corrected chi connectivity index (χ0v) is 19.7. The molecule has 1 heterocycles. The van der Waals surface area contributed by atoms with E-state index < -0.39 is 0 Å². The monoisotopic (exact) mass is 523 g/mol. The SMILES string of the molecule is CN=C(NCc1ccc(F)c(CN(C)C)c1)NCc1coc(-c2ccccc2)n1.I. The molecule has 2 aromatic carbocycles. The molecule has 0 amide bonds. The van der Waals surface area contributed by atoms with Crippen LogP contribution in [0.4, 0.5) is 4.39 Å². The van der Waals surface area contributed by atoms with Crippen molar-refractivity contribution in [3.8, 4) is 11.5 Å². The Labute approximate surface area is 193 Å². The summed E-state index contributed by atoms with van der Waals surface area (Å²) in [5.74, 6) is 1.03. The molecule has 160 valence electrons. The summed E-state index contributed by atoms with van der Waals surface area (Å²) in [5, 5.41) is 6.45. The van der Waals surface area contributed by atoms with E-state index in [0.29, 0.717) is 37.0 Å². The Morgan fingerprint density at radius 1 is 1.10 bits per heavy atom. The number of hydrogen-bond donors (Lipinski definition) is 2. The van der Waals surface area contributed by atoms with Crippen molar-refractivity contribution < 1.29 is 8.81 Å². The van der Waals surface area contributed by atoms with Crippen molar-refractivity contribution in [2.75, 3.05) is 21.1 Å². The number of guanidine groups is 1. The molecule has 0 aliphatic heterocycles. The van der Waals surface area contributed by atoms with Crippen LogP contribution in [0.15, 0.2) is 64.2 Å². The lowest BCUT2D eigenvalue weighted by molar-refractivity contribution is 0.392. The van der Waals surface area contributed by atoms with Crippen molar-refractivity contribution in [2.24, 2.45) is 4.99 Å². The lowest BCUT2D eigenvalue weighted by atomic mass is 10.1. The quantitative estimate of drug-likeness (QED) is 0.278. The molecule has 0 spiro atoms. The van der Waals surface area contributed by atoms with E-state index in [1.54, 1.807) is 19.4 Å². The predicted octanol–water partition coefficient (Wildman–Crippen LogP) is 4.03. The van der Waals surface area contributed by atoms with Gasteiger partial charge in [0.25, 0.3) is 0 Å². The van der Waals surface area contributed by atoms with E-state index in [9.17, 15) is 4.39 Å². The second-order valence-electron chi connectivity index (χ2n) is 6.95. The number of nitrogens with zero attached hydrogens (tertiary/aromatic N) is 3. The molecule has 1 aromatic heterocycles. The van der Waals surface area contributed by atoms with Gasteiger partial charge in [-0.25, -0.2) is 9.37 Å². The van der Waals surface area contributed by atoms with Gasteiger partial charge in [-0.05, 0) is 43.9 Å². The van der Waals surface area contributed by atoms with Crippen LogP contribution >= 0.6 is 24.0 Å². The van der Waals surface area contributed by atoms with E-state index in [0.717, 1.165) is 16.8 Å². The molecule has 0 saturated carbocycles. The van der Waals surface area contributed by atoms with Gasteiger partial charge in [0, 0.05) is 31.3 Å². The second kappa shape index (κ2) is 11.7. The van der Waals surface area contributed by atoms with Crippen LogP contribution in [-0.4, -0.2) is 37.0 Å². The smallest absolute Gasteiger partial charge is 0.226 e. The molecule has 0 bridgehead atoms. The van der Waals surface area contributed by atoms with E-state index in [1.165, 1.54) is 6.07 Å².